The molecule has 0 unspecified atom stereocenters. The zero-order chi connectivity index (χ0) is 17.4. The van der Waals surface area contributed by atoms with Crippen LogP contribution in [0.2, 0.25) is 0 Å². The van der Waals surface area contributed by atoms with Gasteiger partial charge in [-0.15, -0.1) is 0 Å². The van der Waals surface area contributed by atoms with E-state index in [1.54, 1.807) is 10.6 Å². The molecule has 0 bridgehead atoms. The Kier molecular flexibility index (Phi) is 4.01. The van der Waals surface area contributed by atoms with Crippen molar-refractivity contribution < 1.29 is 18.0 Å². The molecule has 0 saturated carbocycles. The first-order valence-electron chi connectivity index (χ1n) is 7.34. The number of hydrogen-bond acceptors (Lipinski definition) is 2. The summed E-state index contributed by atoms with van der Waals surface area (Å²) < 4.78 is 41.6. The van der Waals surface area contributed by atoms with Gasteiger partial charge in [0.1, 0.15) is 11.3 Å². The van der Waals surface area contributed by atoms with E-state index in [0.29, 0.717) is 17.8 Å². The van der Waals surface area contributed by atoms with Crippen LogP contribution in [0.1, 0.15) is 28.7 Å². The monoisotopic (exact) mass is 333 g/mol. The number of carbonyl (C=O) groups is 1. The molecule has 124 valence electrons. The van der Waals surface area contributed by atoms with Crippen LogP contribution in [0.4, 0.5) is 18.9 Å². The van der Waals surface area contributed by atoms with Gasteiger partial charge in [-0.1, -0.05) is 6.92 Å². The fourth-order valence-corrected chi connectivity index (χ4v) is 2.49. The Balaban J connectivity index is 2.04. The molecular formula is C17H14F3N3O. The van der Waals surface area contributed by atoms with Gasteiger partial charge in [0.2, 0.25) is 0 Å². The number of anilines is 1. The number of carbonyl (C=O) groups excluding carboxylic acids is 1. The second-order valence-corrected chi connectivity index (χ2v) is 5.37. The van der Waals surface area contributed by atoms with Gasteiger partial charge >= 0.3 is 0 Å². The highest BCUT2D eigenvalue weighted by atomic mass is 19.2. The molecule has 24 heavy (non-hydrogen) atoms. The van der Waals surface area contributed by atoms with Crippen molar-refractivity contribution in [1.29, 1.82) is 0 Å². The summed E-state index contributed by atoms with van der Waals surface area (Å²) in [7, 11) is 0. The lowest BCUT2D eigenvalue weighted by molar-refractivity contribution is 0.102. The van der Waals surface area contributed by atoms with Crippen molar-refractivity contribution in [2.24, 2.45) is 0 Å². The lowest BCUT2D eigenvalue weighted by atomic mass is 10.2. The minimum Gasteiger partial charge on any atom is -0.318 e. The van der Waals surface area contributed by atoms with E-state index in [2.05, 4.69) is 10.3 Å². The number of nitrogens with one attached hydrogen (secondary N) is 1. The summed E-state index contributed by atoms with van der Waals surface area (Å²) >= 11 is 0. The molecule has 7 heteroatoms. The van der Waals surface area contributed by atoms with E-state index in [4.69, 9.17) is 0 Å². The highest BCUT2D eigenvalue weighted by Gasteiger charge is 2.21. The molecule has 3 aromatic rings. The number of fused-ring (bicyclic) bond motifs is 1. The average Bonchev–Trinajstić information content (AvgIpc) is 2.93. The quantitative estimate of drug-likeness (QED) is 0.740. The fraction of sp³-hybridized carbons (Fsp3) is 0.176. The largest absolute Gasteiger partial charge is 0.318 e. The first-order chi connectivity index (χ1) is 11.4. The van der Waals surface area contributed by atoms with Crippen LogP contribution >= 0.6 is 0 Å². The molecule has 0 aliphatic rings. The fourth-order valence-electron chi connectivity index (χ4n) is 2.49. The van der Waals surface area contributed by atoms with Crippen LogP contribution in [0, 0.1) is 24.4 Å². The number of halogens is 3. The van der Waals surface area contributed by atoms with Crippen molar-refractivity contribution in [3.8, 4) is 0 Å². The maximum Gasteiger partial charge on any atom is 0.274 e. The van der Waals surface area contributed by atoms with Crippen LogP contribution in [0.25, 0.3) is 5.65 Å². The van der Waals surface area contributed by atoms with Crippen molar-refractivity contribution in [2.75, 3.05) is 5.32 Å². The molecule has 0 aliphatic heterocycles. The summed E-state index contributed by atoms with van der Waals surface area (Å²) in [4.78, 5) is 16.9. The maximum atomic E-state index is 13.8. The van der Waals surface area contributed by atoms with Crippen LogP contribution in [-0.2, 0) is 6.42 Å². The molecule has 1 N–H and O–H groups in total. The van der Waals surface area contributed by atoms with Crippen LogP contribution in [0.5, 0.6) is 0 Å². The Bertz CT molecular complexity index is 950. The van der Waals surface area contributed by atoms with Gasteiger partial charge in [0.15, 0.2) is 17.5 Å². The Hall–Kier alpha value is -2.83. The predicted octanol–water partition coefficient (Wildman–Crippen LogP) is 3.87. The normalized spacial score (nSPS) is 11.0. The molecule has 0 spiro atoms. The third-order valence-corrected chi connectivity index (χ3v) is 3.69. The number of hydrogen-bond donors (Lipinski definition) is 1. The lowest BCUT2D eigenvalue weighted by Gasteiger charge is -2.08. The SMILES string of the molecule is CCc1nc2cc(C)ccn2c1C(=O)Nc1ccc(F)c(F)c1F. The van der Waals surface area contributed by atoms with Crippen molar-refractivity contribution in [3.05, 3.63) is 64.9 Å². The summed E-state index contributed by atoms with van der Waals surface area (Å²) in [6.07, 6.45) is 2.18. The summed E-state index contributed by atoms with van der Waals surface area (Å²) in [6.45, 7) is 3.74. The van der Waals surface area contributed by atoms with E-state index >= 15 is 0 Å². The number of nitrogens with zero attached hydrogens (tertiary/aromatic N) is 2. The minimum absolute atomic E-state index is 0.233. The lowest BCUT2D eigenvalue weighted by Crippen LogP contribution is -2.17. The maximum absolute atomic E-state index is 13.8. The molecule has 0 saturated heterocycles. The topological polar surface area (TPSA) is 46.4 Å². The van der Waals surface area contributed by atoms with E-state index in [0.717, 1.165) is 17.7 Å². The van der Waals surface area contributed by atoms with Gasteiger partial charge in [0, 0.05) is 6.20 Å². The Morgan fingerprint density at radius 2 is 1.96 bits per heavy atom. The van der Waals surface area contributed by atoms with Gasteiger partial charge in [-0.2, -0.15) is 0 Å². The molecule has 2 aromatic heterocycles. The molecule has 0 radical (unpaired) electrons. The van der Waals surface area contributed by atoms with Gasteiger partial charge in [0.25, 0.3) is 5.91 Å². The molecule has 0 fully saturated rings. The molecule has 2 heterocycles. The number of benzene rings is 1. The van der Waals surface area contributed by atoms with Gasteiger partial charge in [-0.3, -0.25) is 9.20 Å². The third-order valence-electron chi connectivity index (χ3n) is 3.69. The summed E-state index contributed by atoms with van der Waals surface area (Å²) in [6, 6.07) is 5.36. The predicted molar refractivity (Wildman–Crippen MR) is 83.6 cm³/mol. The van der Waals surface area contributed by atoms with Crippen LogP contribution < -0.4 is 5.32 Å². The van der Waals surface area contributed by atoms with Crippen molar-refractivity contribution in [3.63, 3.8) is 0 Å². The number of aromatic nitrogens is 2. The van der Waals surface area contributed by atoms with E-state index < -0.39 is 29.0 Å². The van der Waals surface area contributed by atoms with Crippen LogP contribution in [0.3, 0.4) is 0 Å². The first-order valence-corrected chi connectivity index (χ1v) is 7.34. The van der Waals surface area contributed by atoms with Crippen molar-refractivity contribution >= 4 is 17.2 Å². The summed E-state index contributed by atoms with van der Waals surface area (Å²) in [5.41, 5.74) is 1.90. The third kappa shape index (κ3) is 2.62. The Morgan fingerprint density at radius 3 is 2.67 bits per heavy atom. The minimum atomic E-state index is -1.63. The second kappa shape index (κ2) is 5.99. The van der Waals surface area contributed by atoms with E-state index in [-0.39, 0.29) is 5.69 Å². The zero-order valence-corrected chi connectivity index (χ0v) is 13.0. The Labute approximate surface area is 135 Å². The molecule has 1 aromatic carbocycles. The van der Waals surface area contributed by atoms with E-state index in [1.165, 1.54) is 0 Å². The molecule has 0 aliphatic carbocycles. The highest BCUT2D eigenvalue weighted by molar-refractivity contribution is 6.04. The number of amides is 1. The van der Waals surface area contributed by atoms with Gasteiger partial charge < -0.3 is 5.32 Å². The van der Waals surface area contributed by atoms with Gasteiger partial charge in [-0.25, -0.2) is 18.2 Å². The standard InChI is InChI=1S/C17H14F3N3O/c1-3-11-16(23-7-6-9(2)8-13(23)21-11)17(24)22-12-5-4-10(18)14(19)15(12)20/h4-8H,3H2,1-2H3,(H,22,24). The Morgan fingerprint density at radius 1 is 1.21 bits per heavy atom. The summed E-state index contributed by atoms with van der Waals surface area (Å²) in [5, 5.41) is 2.28. The smallest absolute Gasteiger partial charge is 0.274 e. The molecular weight excluding hydrogens is 319 g/mol. The van der Waals surface area contributed by atoms with E-state index in [9.17, 15) is 18.0 Å². The van der Waals surface area contributed by atoms with Crippen molar-refractivity contribution in [2.45, 2.75) is 20.3 Å². The van der Waals surface area contributed by atoms with Crippen LogP contribution in [0.15, 0.2) is 30.5 Å². The van der Waals surface area contributed by atoms with Gasteiger partial charge in [-0.05, 0) is 43.2 Å². The summed E-state index contributed by atoms with van der Waals surface area (Å²) in [5.74, 6) is -5.03. The number of imidazole rings is 1. The highest BCUT2D eigenvalue weighted by Crippen LogP contribution is 2.22. The number of pyridine rings is 1. The van der Waals surface area contributed by atoms with Crippen LogP contribution in [-0.4, -0.2) is 15.3 Å². The molecule has 0 atom stereocenters. The second-order valence-electron chi connectivity index (χ2n) is 5.37. The van der Waals surface area contributed by atoms with Crippen molar-refractivity contribution in [1.82, 2.24) is 9.38 Å². The molecule has 1 amide bonds. The number of rotatable bonds is 3. The average molecular weight is 333 g/mol. The molecule has 3 rings (SSSR count). The number of aryl methyl sites for hydroxylation is 2. The molecule has 4 nitrogen and oxygen atoms in total. The zero-order valence-electron chi connectivity index (χ0n) is 13.0. The van der Waals surface area contributed by atoms with E-state index in [1.807, 2.05) is 26.0 Å². The van der Waals surface area contributed by atoms with Gasteiger partial charge in [0.05, 0.1) is 11.4 Å². The first kappa shape index (κ1) is 16.0.